The van der Waals surface area contributed by atoms with Gasteiger partial charge in [-0.25, -0.2) is 0 Å². The van der Waals surface area contributed by atoms with Crippen LogP contribution in [0.1, 0.15) is 54.4 Å². The predicted molar refractivity (Wildman–Crippen MR) is 50.3 cm³/mol. The van der Waals surface area contributed by atoms with Crippen LogP contribution in [0.15, 0.2) is 0 Å². The second-order valence-electron chi connectivity index (χ2n) is 3.20. The summed E-state index contributed by atoms with van der Waals surface area (Å²) in [6.07, 6.45) is 4.11. The summed E-state index contributed by atoms with van der Waals surface area (Å²) in [5.74, 6) is 1.85. The van der Waals surface area contributed by atoms with Crippen LogP contribution >= 0.6 is 0 Å². The molecule has 0 heteroatoms. The van der Waals surface area contributed by atoms with Gasteiger partial charge in [-0.3, -0.25) is 0 Å². The second kappa shape index (κ2) is 7.11. The highest BCUT2D eigenvalue weighted by molar-refractivity contribution is 4.59. The van der Waals surface area contributed by atoms with E-state index in [0.29, 0.717) is 0 Å². The van der Waals surface area contributed by atoms with E-state index in [1.54, 1.807) is 0 Å². The molecular weight excluding hydrogens is 120 g/mol. The lowest BCUT2D eigenvalue weighted by Crippen LogP contribution is -2.06. The van der Waals surface area contributed by atoms with Crippen LogP contribution < -0.4 is 0 Å². The molecule has 0 amide bonds. The van der Waals surface area contributed by atoms with Crippen molar-refractivity contribution in [3.8, 4) is 0 Å². The Balaban J connectivity index is 0. The second-order valence-corrected chi connectivity index (χ2v) is 3.20. The molecule has 0 aliphatic carbocycles. The third kappa shape index (κ3) is 4.84. The fourth-order valence-electron chi connectivity index (χ4n) is 1.38. The fraction of sp³-hybridized carbons (Fsp3) is 1.00. The lowest BCUT2D eigenvalue weighted by Gasteiger charge is -2.17. The van der Waals surface area contributed by atoms with Gasteiger partial charge in [0.2, 0.25) is 0 Å². The van der Waals surface area contributed by atoms with Crippen molar-refractivity contribution in [1.82, 2.24) is 0 Å². The summed E-state index contributed by atoms with van der Waals surface area (Å²) in [6.45, 7) is 9.21. The molecule has 0 aromatic carbocycles. The number of hydrogen-bond acceptors (Lipinski definition) is 0. The zero-order valence-corrected chi connectivity index (χ0v) is 7.28. The molecule has 0 fully saturated rings. The minimum absolute atomic E-state index is 0. The molecule has 0 aliphatic rings. The first kappa shape index (κ1) is 12.7. The Morgan fingerprint density at radius 3 is 1.70 bits per heavy atom. The Morgan fingerprint density at radius 2 is 1.60 bits per heavy atom. The molecule has 0 aromatic rings. The van der Waals surface area contributed by atoms with Gasteiger partial charge >= 0.3 is 0 Å². The monoisotopic (exact) mass is 144 g/mol. The van der Waals surface area contributed by atoms with Crippen molar-refractivity contribution in [1.29, 1.82) is 0 Å². The first-order chi connectivity index (χ1) is 4.22. The zero-order chi connectivity index (χ0) is 7.28. The minimum atomic E-state index is 0. The fourth-order valence-corrected chi connectivity index (χ4v) is 1.38. The molecule has 0 rings (SSSR count). The van der Waals surface area contributed by atoms with Crippen molar-refractivity contribution >= 4 is 0 Å². The summed E-state index contributed by atoms with van der Waals surface area (Å²) >= 11 is 0. The van der Waals surface area contributed by atoms with Crippen LogP contribution in [0.3, 0.4) is 0 Å². The molecule has 1 atom stereocenters. The van der Waals surface area contributed by atoms with E-state index in [1.807, 2.05) is 0 Å². The maximum atomic E-state index is 2.32. The van der Waals surface area contributed by atoms with E-state index >= 15 is 0 Å². The van der Waals surface area contributed by atoms with Gasteiger partial charge in [0.25, 0.3) is 0 Å². The molecule has 0 N–H and O–H groups in total. The van der Waals surface area contributed by atoms with Crippen LogP contribution in [-0.2, 0) is 0 Å². The summed E-state index contributed by atoms with van der Waals surface area (Å²) in [6, 6.07) is 0. The first-order valence-corrected chi connectivity index (χ1v) is 4.22. The SMILES string of the molecule is C.CCC[C@@H](CC)C(C)C. The molecule has 0 spiro atoms. The maximum absolute atomic E-state index is 2.32. The van der Waals surface area contributed by atoms with E-state index in [-0.39, 0.29) is 7.43 Å². The third-order valence-electron chi connectivity index (χ3n) is 2.13. The Kier molecular flexibility index (Phi) is 9.00. The summed E-state index contributed by atoms with van der Waals surface area (Å²) < 4.78 is 0. The summed E-state index contributed by atoms with van der Waals surface area (Å²) in [5, 5.41) is 0. The van der Waals surface area contributed by atoms with Crippen LogP contribution in [0.25, 0.3) is 0 Å². The van der Waals surface area contributed by atoms with Gasteiger partial charge in [0, 0.05) is 0 Å². The average Bonchev–Trinajstić information content (AvgIpc) is 1.82. The van der Waals surface area contributed by atoms with Crippen molar-refractivity contribution in [2.45, 2.75) is 54.4 Å². The van der Waals surface area contributed by atoms with E-state index in [0.717, 1.165) is 11.8 Å². The highest BCUT2D eigenvalue weighted by atomic mass is 14.1. The largest absolute Gasteiger partial charge is 0.0776 e. The molecule has 0 aromatic heterocycles. The molecule has 64 valence electrons. The topological polar surface area (TPSA) is 0 Å². The van der Waals surface area contributed by atoms with E-state index < -0.39 is 0 Å². The third-order valence-corrected chi connectivity index (χ3v) is 2.13. The molecule has 0 saturated carbocycles. The molecular formula is C10H24. The van der Waals surface area contributed by atoms with Gasteiger partial charge < -0.3 is 0 Å². The molecule has 0 heterocycles. The summed E-state index contributed by atoms with van der Waals surface area (Å²) in [7, 11) is 0. The van der Waals surface area contributed by atoms with Crippen LogP contribution in [0.4, 0.5) is 0 Å². The Bertz CT molecular complexity index is 55.1. The van der Waals surface area contributed by atoms with Crippen molar-refractivity contribution in [3.05, 3.63) is 0 Å². The van der Waals surface area contributed by atoms with Crippen LogP contribution in [0, 0.1) is 11.8 Å². The Labute approximate surface area is 67.0 Å². The van der Waals surface area contributed by atoms with Gasteiger partial charge in [0.05, 0.1) is 0 Å². The maximum Gasteiger partial charge on any atom is -0.0394 e. The smallest absolute Gasteiger partial charge is 0.0394 e. The minimum Gasteiger partial charge on any atom is -0.0776 e. The average molecular weight is 144 g/mol. The quantitative estimate of drug-likeness (QED) is 0.557. The van der Waals surface area contributed by atoms with Crippen molar-refractivity contribution in [3.63, 3.8) is 0 Å². The first-order valence-electron chi connectivity index (χ1n) is 4.22. The number of rotatable bonds is 4. The van der Waals surface area contributed by atoms with Crippen LogP contribution in [-0.4, -0.2) is 0 Å². The van der Waals surface area contributed by atoms with E-state index in [1.165, 1.54) is 19.3 Å². The van der Waals surface area contributed by atoms with E-state index in [9.17, 15) is 0 Å². The molecule has 10 heavy (non-hydrogen) atoms. The van der Waals surface area contributed by atoms with Gasteiger partial charge in [-0.1, -0.05) is 54.4 Å². The summed E-state index contributed by atoms with van der Waals surface area (Å²) in [5.41, 5.74) is 0. The van der Waals surface area contributed by atoms with Gasteiger partial charge in [0.1, 0.15) is 0 Å². The van der Waals surface area contributed by atoms with Gasteiger partial charge in [-0.05, 0) is 11.8 Å². The normalized spacial score (nSPS) is 12.9. The molecule has 0 radical (unpaired) electrons. The van der Waals surface area contributed by atoms with E-state index in [4.69, 9.17) is 0 Å². The van der Waals surface area contributed by atoms with Gasteiger partial charge in [-0.15, -0.1) is 0 Å². The van der Waals surface area contributed by atoms with E-state index in [2.05, 4.69) is 27.7 Å². The molecule has 0 saturated heterocycles. The molecule has 0 aliphatic heterocycles. The zero-order valence-electron chi connectivity index (χ0n) is 7.28. The highest BCUT2D eigenvalue weighted by Crippen LogP contribution is 2.19. The summed E-state index contributed by atoms with van der Waals surface area (Å²) in [4.78, 5) is 0. The standard InChI is InChI=1S/C9H20.CH4/c1-5-7-9(6-2)8(3)4;/h8-9H,5-7H2,1-4H3;1H4/t9-;/m1./s1. The lowest BCUT2D eigenvalue weighted by molar-refractivity contribution is 0.346. The Hall–Kier alpha value is 0. The predicted octanol–water partition coefficient (Wildman–Crippen LogP) is 4.10. The van der Waals surface area contributed by atoms with Crippen LogP contribution in [0.2, 0.25) is 0 Å². The molecule has 0 nitrogen and oxygen atoms in total. The highest BCUT2D eigenvalue weighted by Gasteiger charge is 2.08. The van der Waals surface area contributed by atoms with Crippen LogP contribution in [0.5, 0.6) is 0 Å². The molecule has 0 bridgehead atoms. The lowest BCUT2D eigenvalue weighted by atomic mass is 9.89. The molecule has 0 unspecified atom stereocenters. The Morgan fingerprint density at radius 1 is 1.10 bits per heavy atom. The number of hydrogen-bond donors (Lipinski definition) is 0. The van der Waals surface area contributed by atoms with Gasteiger partial charge in [-0.2, -0.15) is 0 Å². The van der Waals surface area contributed by atoms with Crippen molar-refractivity contribution in [2.24, 2.45) is 11.8 Å². The van der Waals surface area contributed by atoms with Crippen molar-refractivity contribution < 1.29 is 0 Å². The van der Waals surface area contributed by atoms with Crippen molar-refractivity contribution in [2.75, 3.05) is 0 Å². The van der Waals surface area contributed by atoms with Gasteiger partial charge in [0.15, 0.2) is 0 Å².